The molecule has 0 unspecified atom stereocenters. The Labute approximate surface area is 145 Å². The van der Waals surface area contributed by atoms with E-state index in [4.69, 9.17) is 22.8 Å². The third-order valence-electron chi connectivity index (χ3n) is 3.14. The lowest BCUT2D eigenvalue weighted by Gasteiger charge is -2.06. The third kappa shape index (κ3) is 2.91. The summed E-state index contributed by atoms with van der Waals surface area (Å²) >= 11 is 8.94. The van der Waals surface area contributed by atoms with Crippen LogP contribution in [0.15, 0.2) is 34.6 Å². The van der Waals surface area contributed by atoms with Crippen molar-refractivity contribution in [3.63, 3.8) is 0 Å². The lowest BCUT2D eigenvalue weighted by molar-refractivity contribution is 0.100. The van der Waals surface area contributed by atoms with Crippen LogP contribution in [-0.4, -0.2) is 17.6 Å². The first-order chi connectivity index (χ1) is 11.2. The van der Waals surface area contributed by atoms with Crippen LogP contribution in [0.5, 0.6) is 5.75 Å². The second-order valence-electron chi connectivity index (χ2n) is 4.50. The Kier molecular flexibility index (Phi) is 4.53. The number of thiazole rings is 1. The van der Waals surface area contributed by atoms with Gasteiger partial charge in [0.25, 0.3) is 5.91 Å². The quantitative estimate of drug-likeness (QED) is 0.665. The number of hydrogen-bond donors (Lipinski definition) is 0. The number of hydrogen-bond acceptors (Lipinski definition) is 4. The van der Waals surface area contributed by atoms with Crippen molar-refractivity contribution in [2.75, 3.05) is 7.11 Å². The molecule has 3 aromatic rings. The molecular formula is C16H11ClN2O2S2. The van der Waals surface area contributed by atoms with Crippen molar-refractivity contribution in [3.8, 4) is 18.1 Å². The first kappa shape index (κ1) is 15.8. The number of fused-ring (bicyclic) bond motifs is 1. The minimum absolute atomic E-state index is 0.271. The molecule has 23 heavy (non-hydrogen) atoms. The number of thiophene rings is 1. The zero-order valence-electron chi connectivity index (χ0n) is 12.1. The van der Waals surface area contributed by atoms with Gasteiger partial charge in [-0.15, -0.1) is 17.8 Å². The zero-order valence-corrected chi connectivity index (χ0v) is 14.5. The molecule has 0 bridgehead atoms. The van der Waals surface area contributed by atoms with E-state index in [1.54, 1.807) is 29.9 Å². The van der Waals surface area contributed by atoms with Crippen molar-refractivity contribution in [3.05, 3.63) is 44.3 Å². The summed E-state index contributed by atoms with van der Waals surface area (Å²) in [6, 6.07) is 7.08. The number of terminal acetylenes is 1. The number of ether oxygens (including phenoxy) is 1. The highest BCUT2D eigenvalue weighted by Gasteiger charge is 2.15. The molecule has 7 heteroatoms. The molecule has 116 valence electrons. The molecule has 0 atom stereocenters. The van der Waals surface area contributed by atoms with E-state index < -0.39 is 0 Å². The fourth-order valence-electron chi connectivity index (χ4n) is 2.15. The summed E-state index contributed by atoms with van der Waals surface area (Å²) in [7, 11) is 1.58. The van der Waals surface area contributed by atoms with E-state index in [1.165, 1.54) is 22.7 Å². The van der Waals surface area contributed by atoms with Crippen LogP contribution in [-0.2, 0) is 6.54 Å². The Morgan fingerprint density at radius 1 is 1.48 bits per heavy atom. The first-order valence-electron chi connectivity index (χ1n) is 6.57. The minimum atomic E-state index is -0.299. The lowest BCUT2D eigenvalue weighted by atomic mass is 10.3. The van der Waals surface area contributed by atoms with Gasteiger partial charge in [0.15, 0.2) is 4.80 Å². The average Bonchev–Trinajstić information content (AvgIpc) is 3.18. The number of methoxy groups -OCH3 is 1. The molecule has 1 amide bonds. The van der Waals surface area contributed by atoms with Gasteiger partial charge in [0.2, 0.25) is 0 Å². The van der Waals surface area contributed by atoms with Crippen molar-refractivity contribution >= 4 is 50.4 Å². The number of aromatic nitrogens is 1. The lowest BCUT2D eigenvalue weighted by Crippen LogP contribution is -2.16. The van der Waals surface area contributed by atoms with Gasteiger partial charge in [-0.05, 0) is 23.6 Å². The largest absolute Gasteiger partial charge is 0.495 e. The minimum Gasteiger partial charge on any atom is -0.495 e. The van der Waals surface area contributed by atoms with Crippen LogP contribution >= 0.6 is 34.3 Å². The molecule has 0 aliphatic rings. The normalized spacial score (nSPS) is 11.6. The SMILES string of the molecule is C#CCn1c(=NC(=O)c2cccs2)sc2c(Cl)ccc(OC)c21. The molecule has 0 radical (unpaired) electrons. The summed E-state index contributed by atoms with van der Waals surface area (Å²) in [5, 5.41) is 2.41. The predicted molar refractivity (Wildman–Crippen MR) is 94.4 cm³/mol. The van der Waals surface area contributed by atoms with Crippen LogP contribution in [0.2, 0.25) is 5.02 Å². The summed E-state index contributed by atoms with van der Waals surface area (Å²) in [6.07, 6.45) is 5.47. The van der Waals surface area contributed by atoms with Gasteiger partial charge in [-0.3, -0.25) is 4.79 Å². The van der Waals surface area contributed by atoms with E-state index in [1.807, 2.05) is 11.4 Å². The number of carbonyl (C=O) groups is 1. The molecule has 0 spiro atoms. The van der Waals surface area contributed by atoms with Crippen LogP contribution in [0.25, 0.3) is 10.2 Å². The summed E-state index contributed by atoms with van der Waals surface area (Å²) in [6.45, 7) is 0.271. The highest BCUT2D eigenvalue weighted by Crippen LogP contribution is 2.33. The molecular weight excluding hydrogens is 352 g/mol. The van der Waals surface area contributed by atoms with Crippen LogP contribution in [0, 0.1) is 12.3 Å². The summed E-state index contributed by atoms with van der Waals surface area (Å²) in [5.74, 6) is 2.92. The summed E-state index contributed by atoms with van der Waals surface area (Å²) < 4.78 is 7.96. The maximum Gasteiger partial charge on any atom is 0.289 e. The molecule has 0 N–H and O–H groups in total. The molecule has 2 heterocycles. The smallest absolute Gasteiger partial charge is 0.289 e. The van der Waals surface area contributed by atoms with Gasteiger partial charge >= 0.3 is 0 Å². The number of nitrogens with zero attached hydrogens (tertiary/aromatic N) is 2. The topological polar surface area (TPSA) is 43.6 Å². The highest BCUT2D eigenvalue weighted by molar-refractivity contribution is 7.17. The van der Waals surface area contributed by atoms with Gasteiger partial charge in [0.05, 0.1) is 28.3 Å². The van der Waals surface area contributed by atoms with Gasteiger partial charge < -0.3 is 9.30 Å². The Bertz CT molecular complexity index is 978. The molecule has 1 aromatic carbocycles. The van der Waals surface area contributed by atoms with E-state index in [2.05, 4.69) is 10.9 Å². The molecule has 0 saturated carbocycles. The fraction of sp³-hybridized carbons (Fsp3) is 0.125. The molecule has 0 aliphatic carbocycles. The molecule has 4 nitrogen and oxygen atoms in total. The standard InChI is InChI=1S/C16H11ClN2O2S2/c1-3-8-19-13-11(21-2)7-6-10(17)14(13)23-16(19)18-15(20)12-5-4-9-22-12/h1,4-7,9H,8H2,2H3. The monoisotopic (exact) mass is 362 g/mol. The van der Waals surface area contributed by atoms with Gasteiger partial charge in [-0.2, -0.15) is 4.99 Å². The number of amides is 1. The van der Waals surface area contributed by atoms with Crippen LogP contribution in [0.3, 0.4) is 0 Å². The predicted octanol–water partition coefficient (Wildman–Crippen LogP) is 3.80. The van der Waals surface area contributed by atoms with Gasteiger partial charge in [-0.1, -0.05) is 34.9 Å². The van der Waals surface area contributed by atoms with Crippen LogP contribution in [0.1, 0.15) is 9.67 Å². The van der Waals surface area contributed by atoms with Gasteiger partial charge in [0.1, 0.15) is 11.3 Å². The van der Waals surface area contributed by atoms with Gasteiger partial charge in [0, 0.05) is 0 Å². The first-order valence-corrected chi connectivity index (χ1v) is 8.65. The van der Waals surface area contributed by atoms with Gasteiger partial charge in [-0.25, -0.2) is 0 Å². The van der Waals surface area contributed by atoms with Crippen molar-refractivity contribution in [2.45, 2.75) is 6.54 Å². The summed E-state index contributed by atoms with van der Waals surface area (Å²) in [4.78, 5) is 17.6. The summed E-state index contributed by atoms with van der Waals surface area (Å²) in [5.41, 5.74) is 0.751. The molecule has 0 fully saturated rings. The second-order valence-corrected chi connectivity index (χ2v) is 6.83. The molecule has 2 aromatic heterocycles. The molecule has 0 saturated heterocycles. The Balaban J connectivity index is 2.29. The highest BCUT2D eigenvalue weighted by atomic mass is 35.5. The van der Waals surface area contributed by atoms with Crippen LogP contribution in [0.4, 0.5) is 0 Å². The van der Waals surface area contributed by atoms with E-state index in [0.29, 0.717) is 20.5 Å². The Morgan fingerprint density at radius 2 is 2.30 bits per heavy atom. The number of benzene rings is 1. The zero-order chi connectivity index (χ0) is 16.4. The second kappa shape index (κ2) is 6.59. The van der Waals surface area contributed by atoms with E-state index >= 15 is 0 Å². The molecule has 0 aliphatic heterocycles. The van der Waals surface area contributed by atoms with Crippen LogP contribution < -0.4 is 9.54 Å². The maximum absolute atomic E-state index is 12.3. The Hall–Kier alpha value is -2.07. The third-order valence-corrected chi connectivity index (χ3v) is 5.54. The number of rotatable bonds is 3. The van der Waals surface area contributed by atoms with Crippen molar-refractivity contribution in [2.24, 2.45) is 4.99 Å². The average molecular weight is 363 g/mol. The number of carbonyl (C=O) groups excluding carboxylic acids is 1. The van der Waals surface area contributed by atoms with Crippen molar-refractivity contribution in [1.82, 2.24) is 4.57 Å². The fourth-order valence-corrected chi connectivity index (χ4v) is 4.08. The number of halogens is 1. The van der Waals surface area contributed by atoms with Crippen molar-refractivity contribution in [1.29, 1.82) is 0 Å². The molecule has 3 rings (SSSR count). The van der Waals surface area contributed by atoms with E-state index in [-0.39, 0.29) is 12.5 Å². The van der Waals surface area contributed by atoms with E-state index in [0.717, 1.165) is 10.2 Å². The Morgan fingerprint density at radius 3 is 2.96 bits per heavy atom. The van der Waals surface area contributed by atoms with E-state index in [9.17, 15) is 4.79 Å². The van der Waals surface area contributed by atoms with Crippen molar-refractivity contribution < 1.29 is 9.53 Å². The maximum atomic E-state index is 12.3.